The van der Waals surface area contributed by atoms with Gasteiger partial charge in [0, 0.05) is 19.6 Å². The number of hydrogen-bond acceptors (Lipinski definition) is 4. The van der Waals surface area contributed by atoms with Crippen LogP contribution in [0.5, 0.6) is 0 Å². The van der Waals surface area contributed by atoms with Crippen LogP contribution in [0.4, 0.5) is 4.79 Å². The Morgan fingerprint density at radius 2 is 2.17 bits per heavy atom. The number of nitrogens with one attached hydrogen (secondary N) is 1. The van der Waals surface area contributed by atoms with Crippen LogP contribution in [-0.2, 0) is 14.3 Å². The smallest absolute Gasteiger partial charge is 0.314 e. The Hall–Kier alpha value is -1.79. The van der Waals surface area contributed by atoms with Crippen molar-refractivity contribution in [2.24, 2.45) is 11.7 Å². The van der Waals surface area contributed by atoms with E-state index < -0.39 is 6.03 Å². The fraction of sp³-hybridized carbons (Fsp3) is 0.727. The van der Waals surface area contributed by atoms with Crippen LogP contribution in [0.2, 0.25) is 0 Å². The van der Waals surface area contributed by atoms with Crippen LogP contribution in [0.3, 0.4) is 0 Å². The summed E-state index contributed by atoms with van der Waals surface area (Å²) in [5.74, 6) is -0.758. The molecule has 0 spiro atoms. The molecule has 0 aromatic rings. The van der Waals surface area contributed by atoms with Crippen LogP contribution in [-0.4, -0.2) is 49.6 Å². The standard InChI is InChI=1S/C11H19N3O4/c1-18-9(15)4-5-13-10(16)8-3-2-6-14(7-8)11(12)17/h8H,2-7H2,1H3,(H2,12,17)(H,13,16). The Morgan fingerprint density at radius 1 is 1.44 bits per heavy atom. The Balaban J connectivity index is 2.32. The molecule has 0 bridgehead atoms. The van der Waals surface area contributed by atoms with Gasteiger partial charge in [0.1, 0.15) is 0 Å². The average molecular weight is 257 g/mol. The lowest BCUT2D eigenvalue weighted by atomic mass is 9.97. The first-order chi connectivity index (χ1) is 8.54. The zero-order valence-electron chi connectivity index (χ0n) is 10.5. The van der Waals surface area contributed by atoms with E-state index in [-0.39, 0.29) is 30.8 Å². The van der Waals surface area contributed by atoms with Gasteiger partial charge >= 0.3 is 12.0 Å². The van der Waals surface area contributed by atoms with Crippen LogP contribution < -0.4 is 11.1 Å². The molecule has 7 heteroatoms. The van der Waals surface area contributed by atoms with Crippen LogP contribution in [0.1, 0.15) is 19.3 Å². The van der Waals surface area contributed by atoms with E-state index in [0.29, 0.717) is 13.1 Å². The lowest BCUT2D eigenvalue weighted by Crippen LogP contribution is -2.47. The molecule has 18 heavy (non-hydrogen) atoms. The van der Waals surface area contributed by atoms with Crippen LogP contribution in [0.15, 0.2) is 0 Å². The maximum Gasteiger partial charge on any atom is 0.314 e. The van der Waals surface area contributed by atoms with Crippen molar-refractivity contribution >= 4 is 17.9 Å². The predicted octanol–water partition coefficient (Wildman–Crippen LogP) is -0.544. The number of ether oxygens (including phenoxy) is 1. The van der Waals surface area contributed by atoms with E-state index >= 15 is 0 Å². The van der Waals surface area contributed by atoms with Gasteiger partial charge in [-0.2, -0.15) is 0 Å². The molecule has 1 heterocycles. The number of nitrogens with two attached hydrogens (primary N) is 1. The van der Waals surface area contributed by atoms with E-state index in [2.05, 4.69) is 10.1 Å². The third-order valence-electron chi connectivity index (χ3n) is 2.96. The van der Waals surface area contributed by atoms with E-state index in [1.165, 1.54) is 12.0 Å². The lowest BCUT2D eigenvalue weighted by Gasteiger charge is -2.30. The first-order valence-electron chi connectivity index (χ1n) is 5.93. The van der Waals surface area contributed by atoms with Gasteiger partial charge in [-0.05, 0) is 12.8 Å². The summed E-state index contributed by atoms with van der Waals surface area (Å²) in [6, 6.07) is -0.498. The molecule has 3 amide bonds. The van der Waals surface area contributed by atoms with Crippen molar-refractivity contribution in [1.29, 1.82) is 0 Å². The molecule has 102 valence electrons. The summed E-state index contributed by atoms with van der Waals surface area (Å²) >= 11 is 0. The SMILES string of the molecule is COC(=O)CCNC(=O)C1CCCN(C(N)=O)C1. The minimum absolute atomic E-state index is 0.147. The van der Waals surface area contributed by atoms with Gasteiger partial charge in [-0.25, -0.2) is 4.79 Å². The quantitative estimate of drug-likeness (QED) is 0.660. The number of piperidine rings is 1. The Kier molecular flexibility index (Phi) is 5.41. The molecule has 1 fully saturated rings. The van der Waals surface area contributed by atoms with Crippen molar-refractivity contribution in [2.45, 2.75) is 19.3 Å². The number of likely N-dealkylation sites (tertiary alicyclic amines) is 1. The number of urea groups is 1. The number of carbonyl (C=O) groups is 3. The van der Waals surface area contributed by atoms with E-state index in [1.54, 1.807) is 0 Å². The maximum atomic E-state index is 11.8. The Morgan fingerprint density at radius 3 is 2.78 bits per heavy atom. The summed E-state index contributed by atoms with van der Waals surface area (Å²) < 4.78 is 4.47. The van der Waals surface area contributed by atoms with Gasteiger partial charge in [-0.3, -0.25) is 9.59 Å². The number of primary amides is 1. The summed E-state index contributed by atoms with van der Waals surface area (Å²) in [5.41, 5.74) is 5.18. The summed E-state index contributed by atoms with van der Waals surface area (Å²) in [7, 11) is 1.30. The highest BCUT2D eigenvalue weighted by atomic mass is 16.5. The number of carbonyl (C=O) groups excluding carboxylic acids is 3. The molecule has 0 radical (unpaired) electrons. The highest BCUT2D eigenvalue weighted by molar-refractivity contribution is 5.81. The fourth-order valence-electron chi connectivity index (χ4n) is 1.93. The largest absolute Gasteiger partial charge is 0.469 e. The number of esters is 1. The molecule has 1 aliphatic rings. The summed E-state index contributed by atoms with van der Waals surface area (Å²) in [6.45, 7) is 1.19. The van der Waals surface area contributed by atoms with Crippen molar-refractivity contribution in [1.82, 2.24) is 10.2 Å². The highest BCUT2D eigenvalue weighted by Gasteiger charge is 2.27. The number of hydrogen-bond donors (Lipinski definition) is 2. The normalized spacial score (nSPS) is 19.2. The minimum Gasteiger partial charge on any atom is -0.469 e. The van der Waals surface area contributed by atoms with E-state index in [9.17, 15) is 14.4 Å². The fourth-order valence-corrected chi connectivity index (χ4v) is 1.93. The summed E-state index contributed by atoms with van der Waals surface area (Å²) in [5, 5.41) is 2.66. The van der Waals surface area contributed by atoms with Gasteiger partial charge in [-0.15, -0.1) is 0 Å². The molecule has 0 aromatic carbocycles. The molecular weight excluding hydrogens is 238 g/mol. The maximum absolute atomic E-state index is 11.8. The molecule has 1 unspecified atom stereocenters. The topological polar surface area (TPSA) is 102 Å². The van der Waals surface area contributed by atoms with Crippen LogP contribution in [0.25, 0.3) is 0 Å². The third kappa shape index (κ3) is 4.23. The molecule has 3 N–H and O–H groups in total. The monoisotopic (exact) mass is 257 g/mol. The lowest BCUT2D eigenvalue weighted by molar-refractivity contribution is -0.140. The number of methoxy groups -OCH3 is 1. The van der Waals surface area contributed by atoms with Crippen molar-refractivity contribution in [3.05, 3.63) is 0 Å². The van der Waals surface area contributed by atoms with Crippen molar-refractivity contribution in [2.75, 3.05) is 26.7 Å². The predicted molar refractivity (Wildman–Crippen MR) is 63.5 cm³/mol. The van der Waals surface area contributed by atoms with Crippen LogP contribution >= 0.6 is 0 Å². The molecule has 7 nitrogen and oxygen atoms in total. The third-order valence-corrected chi connectivity index (χ3v) is 2.96. The van der Waals surface area contributed by atoms with Gasteiger partial charge in [0.2, 0.25) is 5.91 Å². The zero-order chi connectivity index (χ0) is 13.5. The Labute approximate surface area is 106 Å². The molecule has 1 atom stereocenters. The highest BCUT2D eigenvalue weighted by Crippen LogP contribution is 2.16. The first kappa shape index (κ1) is 14.3. The second kappa shape index (κ2) is 6.83. The summed E-state index contributed by atoms with van der Waals surface area (Å²) in [4.78, 5) is 35.1. The van der Waals surface area contributed by atoms with E-state index in [0.717, 1.165) is 12.8 Å². The van der Waals surface area contributed by atoms with Gasteiger partial charge in [-0.1, -0.05) is 0 Å². The molecule has 1 aliphatic heterocycles. The number of amides is 3. The minimum atomic E-state index is -0.498. The molecular formula is C11H19N3O4. The van der Waals surface area contributed by atoms with Crippen molar-refractivity contribution < 1.29 is 19.1 Å². The molecule has 0 aliphatic carbocycles. The second-order valence-corrected chi connectivity index (χ2v) is 4.24. The van der Waals surface area contributed by atoms with E-state index in [4.69, 9.17) is 5.73 Å². The van der Waals surface area contributed by atoms with Gasteiger partial charge in [0.05, 0.1) is 19.4 Å². The first-order valence-corrected chi connectivity index (χ1v) is 5.93. The molecule has 0 saturated carbocycles. The molecule has 1 rings (SSSR count). The van der Waals surface area contributed by atoms with Gasteiger partial charge in [0.15, 0.2) is 0 Å². The molecule has 1 saturated heterocycles. The van der Waals surface area contributed by atoms with E-state index in [1.807, 2.05) is 0 Å². The number of nitrogens with zero attached hydrogens (tertiary/aromatic N) is 1. The summed E-state index contributed by atoms with van der Waals surface area (Å²) in [6.07, 6.45) is 1.64. The zero-order valence-corrected chi connectivity index (χ0v) is 10.5. The van der Waals surface area contributed by atoms with Crippen LogP contribution in [0, 0.1) is 5.92 Å². The van der Waals surface area contributed by atoms with Crippen molar-refractivity contribution in [3.63, 3.8) is 0 Å². The second-order valence-electron chi connectivity index (χ2n) is 4.24. The molecule has 0 aromatic heterocycles. The van der Waals surface area contributed by atoms with Gasteiger partial charge < -0.3 is 20.7 Å². The average Bonchev–Trinajstić information content (AvgIpc) is 2.38. The number of rotatable bonds is 4. The Bertz CT molecular complexity index is 332. The van der Waals surface area contributed by atoms with Gasteiger partial charge in [0.25, 0.3) is 0 Å². The van der Waals surface area contributed by atoms with Crippen molar-refractivity contribution in [3.8, 4) is 0 Å².